The second-order valence-electron chi connectivity index (χ2n) is 5.97. The summed E-state index contributed by atoms with van der Waals surface area (Å²) >= 11 is 0. The summed E-state index contributed by atoms with van der Waals surface area (Å²) in [4.78, 5) is 0. The molecule has 0 rings (SSSR count). The Morgan fingerprint density at radius 1 is 0.889 bits per heavy atom. The Kier molecular flexibility index (Phi) is 11.2. The van der Waals surface area contributed by atoms with Gasteiger partial charge >= 0.3 is 0 Å². The normalized spacial score (nSPS) is 11.4. The van der Waals surface area contributed by atoms with E-state index in [0.29, 0.717) is 0 Å². The quantitative estimate of drug-likeness (QED) is 0.513. The highest BCUT2D eigenvalue weighted by atomic mass is 14.8. The van der Waals surface area contributed by atoms with Crippen LogP contribution < -0.4 is 5.32 Å². The Morgan fingerprint density at radius 3 is 2.06 bits per heavy atom. The van der Waals surface area contributed by atoms with E-state index >= 15 is 0 Å². The van der Waals surface area contributed by atoms with Gasteiger partial charge in [0.25, 0.3) is 0 Å². The van der Waals surface area contributed by atoms with Crippen LogP contribution >= 0.6 is 0 Å². The second kappa shape index (κ2) is 11.5. The molecule has 0 amide bonds. The molecular weight excluding hydrogens is 220 g/mol. The van der Waals surface area contributed by atoms with Crippen LogP contribution in [0.5, 0.6) is 0 Å². The summed E-state index contributed by atoms with van der Waals surface area (Å²) in [5, 5.41) is 12.4. The van der Waals surface area contributed by atoms with Crippen molar-refractivity contribution in [3.63, 3.8) is 0 Å². The van der Waals surface area contributed by atoms with Gasteiger partial charge in [-0.3, -0.25) is 0 Å². The van der Waals surface area contributed by atoms with Gasteiger partial charge in [-0.25, -0.2) is 0 Å². The van der Waals surface area contributed by atoms with Crippen molar-refractivity contribution in [3.8, 4) is 6.07 Å². The average Bonchev–Trinajstić information content (AvgIpc) is 2.36. The standard InChI is InChI=1S/C16H32N2/c1-4-5-6-7-8-10-13-18-14-11-9-12-16(2,3)15-17/h18H,4-14H2,1-3H3. The zero-order valence-corrected chi connectivity index (χ0v) is 12.7. The lowest BCUT2D eigenvalue weighted by Crippen LogP contribution is -2.17. The molecule has 0 saturated heterocycles. The van der Waals surface area contributed by atoms with Gasteiger partial charge in [-0.05, 0) is 46.2 Å². The Labute approximate surface area is 114 Å². The number of nitriles is 1. The summed E-state index contributed by atoms with van der Waals surface area (Å²) in [6, 6.07) is 2.36. The fraction of sp³-hybridized carbons (Fsp3) is 0.938. The highest BCUT2D eigenvalue weighted by molar-refractivity contribution is 4.91. The predicted molar refractivity (Wildman–Crippen MR) is 79.5 cm³/mol. The monoisotopic (exact) mass is 252 g/mol. The topological polar surface area (TPSA) is 35.8 Å². The molecule has 0 aromatic rings. The Morgan fingerprint density at radius 2 is 1.44 bits per heavy atom. The van der Waals surface area contributed by atoms with Crippen molar-refractivity contribution in [3.05, 3.63) is 0 Å². The fourth-order valence-electron chi connectivity index (χ4n) is 2.03. The van der Waals surface area contributed by atoms with Crippen LogP contribution in [0.4, 0.5) is 0 Å². The molecule has 0 aromatic carbocycles. The smallest absolute Gasteiger partial charge is 0.0683 e. The van der Waals surface area contributed by atoms with Gasteiger partial charge in [0.05, 0.1) is 11.5 Å². The van der Waals surface area contributed by atoms with Crippen molar-refractivity contribution < 1.29 is 0 Å². The van der Waals surface area contributed by atoms with Gasteiger partial charge in [-0.15, -0.1) is 0 Å². The van der Waals surface area contributed by atoms with Gasteiger partial charge in [0.15, 0.2) is 0 Å². The SMILES string of the molecule is CCCCCCCCNCCCCC(C)(C)C#N. The summed E-state index contributed by atoms with van der Waals surface area (Å²) in [7, 11) is 0. The third-order valence-electron chi connectivity index (χ3n) is 3.42. The molecule has 0 unspecified atom stereocenters. The van der Waals surface area contributed by atoms with Crippen LogP contribution in [0.3, 0.4) is 0 Å². The third kappa shape index (κ3) is 11.9. The number of hydrogen-bond donors (Lipinski definition) is 1. The maximum atomic E-state index is 8.89. The Bertz CT molecular complexity index is 216. The van der Waals surface area contributed by atoms with E-state index in [-0.39, 0.29) is 5.41 Å². The van der Waals surface area contributed by atoms with Gasteiger partial charge in [0.2, 0.25) is 0 Å². The van der Waals surface area contributed by atoms with Crippen LogP contribution in [0.25, 0.3) is 0 Å². The van der Waals surface area contributed by atoms with E-state index in [9.17, 15) is 0 Å². The first-order valence-electron chi connectivity index (χ1n) is 7.74. The van der Waals surface area contributed by atoms with Gasteiger partial charge < -0.3 is 5.32 Å². The van der Waals surface area contributed by atoms with Crippen LogP contribution in [0.1, 0.15) is 78.6 Å². The number of unbranched alkanes of at least 4 members (excludes halogenated alkanes) is 6. The van der Waals surface area contributed by atoms with Crippen LogP contribution in [0, 0.1) is 16.7 Å². The van der Waals surface area contributed by atoms with Crippen molar-refractivity contribution in [2.75, 3.05) is 13.1 Å². The molecule has 1 N–H and O–H groups in total. The van der Waals surface area contributed by atoms with Crippen molar-refractivity contribution in [1.29, 1.82) is 5.26 Å². The molecule has 2 heteroatoms. The van der Waals surface area contributed by atoms with Crippen molar-refractivity contribution in [1.82, 2.24) is 5.32 Å². The molecule has 0 spiro atoms. The van der Waals surface area contributed by atoms with Crippen LogP contribution in [0.15, 0.2) is 0 Å². The summed E-state index contributed by atoms with van der Waals surface area (Å²) < 4.78 is 0. The molecule has 0 radical (unpaired) electrons. The lowest BCUT2D eigenvalue weighted by atomic mass is 9.89. The molecule has 0 atom stereocenters. The van der Waals surface area contributed by atoms with E-state index in [1.165, 1.54) is 44.9 Å². The molecule has 18 heavy (non-hydrogen) atoms. The molecule has 0 aliphatic rings. The van der Waals surface area contributed by atoms with E-state index < -0.39 is 0 Å². The minimum absolute atomic E-state index is 0.140. The molecule has 0 bridgehead atoms. The van der Waals surface area contributed by atoms with Crippen molar-refractivity contribution in [2.24, 2.45) is 5.41 Å². The first-order valence-corrected chi connectivity index (χ1v) is 7.74. The minimum atomic E-state index is -0.140. The lowest BCUT2D eigenvalue weighted by molar-refractivity contribution is 0.421. The highest BCUT2D eigenvalue weighted by Gasteiger charge is 2.14. The fourth-order valence-corrected chi connectivity index (χ4v) is 2.03. The summed E-state index contributed by atoms with van der Waals surface area (Å²) in [5.74, 6) is 0. The van der Waals surface area contributed by atoms with E-state index in [2.05, 4.69) is 18.3 Å². The molecule has 2 nitrogen and oxygen atoms in total. The van der Waals surface area contributed by atoms with Gasteiger partial charge in [0, 0.05) is 0 Å². The molecule has 0 fully saturated rings. The maximum absolute atomic E-state index is 8.89. The van der Waals surface area contributed by atoms with E-state index in [4.69, 9.17) is 5.26 Å². The number of nitrogens with one attached hydrogen (secondary N) is 1. The first kappa shape index (κ1) is 17.4. The van der Waals surface area contributed by atoms with E-state index in [1.54, 1.807) is 0 Å². The van der Waals surface area contributed by atoms with Gasteiger partial charge in [-0.2, -0.15) is 5.26 Å². The molecule has 0 heterocycles. The van der Waals surface area contributed by atoms with Crippen molar-refractivity contribution >= 4 is 0 Å². The number of hydrogen-bond acceptors (Lipinski definition) is 2. The largest absolute Gasteiger partial charge is 0.317 e. The number of nitrogens with zero attached hydrogens (tertiary/aromatic N) is 1. The zero-order chi connectivity index (χ0) is 13.7. The predicted octanol–water partition coefficient (Wildman–Crippen LogP) is 4.66. The van der Waals surface area contributed by atoms with Gasteiger partial charge in [0.1, 0.15) is 0 Å². The first-order chi connectivity index (χ1) is 8.62. The number of rotatable bonds is 12. The van der Waals surface area contributed by atoms with Crippen LogP contribution in [-0.2, 0) is 0 Å². The van der Waals surface area contributed by atoms with E-state index in [0.717, 1.165) is 25.9 Å². The van der Waals surface area contributed by atoms with Crippen molar-refractivity contribution in [2.45, 2.75) is 78.6 Å². The lowest BCUT2D eigenvalue weighted by Gasteiger charge is -2.14. The molecule has 106 valence electrons. The Balaban J connectivity index is 3.11. The summed E-state index contributed by atoms with van der Waals surface area (Å²) in [6.45, 7) is 8.58. The van der Waals surface area contributed by atoms with Crippen LogP contribution in [0.2, 0.25) is 0 Å². The summed E-state index contributed by atoms with van der Waals surface area (Å²) in [5.41, 5.74) is -0.140. The van der Waals surface area contributed by atoms with E-state index in [1.807, 2.05) is 13.8 Å². The average molecular weight is 252 g/mol. The molecule has 0 saturated carbocycles. The van der Waals surface area contributed by atoms with Gasteiger partial charge in [-0.1, -0.05) is 45.4 Å². The second-order valence-corrected chi connectivity index (χ2v) is 5.97. The molecule has 0 aliphatic carbocycles. The Hall–Kier alpha value is -0.550. The highest BCUT2D eigenvalue weighted by Crippen LogP contribution is 2.21. The molecule has 0 aliphatic heterocycles. The van der Waals surface area contributed by atoms with Crippen LogP contribution in [-0.4, -0.2) is 13.1 Å². The third-order valence-corrected chi connectivity index (χ3v) is 3.42. The minimum Gasteiger partial charge on any atom is -0.317 e. The zero-order valence-electron chi connectivity index (χ0n) is 12.7. The molecular formula is C16H32N2. The summed E-state index contributed by atoms with van der Waals surface area (Å²) in [6.07, 6.45) is 11.6. The molecule has 0 aromatic heterocycles. The maximum Gasteiger partial charge on any atom is 0.0683 e.